The van der Waals surface area contributed by atoms with Gasteiger partial charge in [0.05, 0.1) is 4.47 Å². The molecular weight excluding hydrogens is 316 g/mol. The fourth-order valence-corrected chi connectivity index (χ4v) is 2.46. The highest BCUT2D eigenvalue weighted by Crippen LogP contribution is 2.25. The second-order valence-electron chi connectivity index (χ2n) is 3.61. The number of benzene rings is 1. The zero-order valence-electron chi connectivity index (χ0n) is 9.64. The van der Waals surface area contributed by atoms with Crippen molar-refractivity contribution in [2.45, 2.75) is 6.92 Å². The minimum Gasteiger partial charge on any atom is -0.483 e. The fourth-order valence-electron chi connectivity index (χ4n) is 1.31. The third kappa shape index (κ3) is 3.54. The SMILES string of the molecule is Cc1ccc(OCC(=O)Nc2nccs2)c(Br)c1. The molecule has 0 aliphatic heterocycles. The molecule has 1 amide bonds. The smallest absolute Gasteiger partial charge is 0.264 e. The number of nitrogens with one attached hydrogen (secondary N) is 1. The molecular formula is C12H11BrN2O2S. The molecule has 0 atom stereocenters. The van der Waals surface area contributed by atoms with Crippen LogP contribution in [0.15, 0.2) is 34.2 Å². The molecule has 0 spiro atoms. The predicted octanol–water partition coefficient (Wildman–Crippen LogP) is 3.23. The van der Waals surface area contributed by atoms with Crippen molar-refractivity contribution < 1.29 is 9.53 Å². The molecule has 0 saturated carbocycles. The molecule has 2 aromatic rings. The van der Waals surface area contributed by atoms with Gasteiger partial charge in [-0.1, -0.05) is 6.07 Å². The van der Waals surface area contributed by atoms with Crippen LogP contribution in [0.5, 0.6) is 5.75 Å². The van der Waals surface area contributed by atoms with Gasteiger partial charge in [-0.3, -0.25) is 10.1 Å². The summed E-state index contributed by atoms with van der Waals surface area (Å²) in [6.45, 7) is 1.95. The molecule has 0 radical (unpaired) electrons. The Balaban J connectivity index is 1.89. The minimum atomic E-state index is -0.225. The van der Waals surface area contributed by atoms with E-state index in [0.29, 0.717) is 10.9 Å². The Morgan fingerprint density at radius 3 is 3.06 bits per heavy atom. The van der Waals surface area contributed by atoms with E-state index in [9.17, 15) is 4.79 Å². The highest BCUT2D eigenvalue weighted by atomic mass is 79.9. The summed E-state index contributed by atoms with van der Waals surface area (Å²) in [7, 11) is 0. The van der Waals surface area contributed by atoms with E-state index in [0.717, 1.165) is 10.0 Å². The number of ether oxygens (including phenoxy) is 1. The summed E-state index contributed by atoms with van der Waals surface area (Å²) in [5.74, 6) is 0.423. The van der Waals surface area contributed by atoms with Gasteiger partial charge in [0.2, 0.25) is 0 Å². The Hall–Kier alpha value is -1.40. The Morgan fingerprint density at radius 1 is 1.56 bits per heavy atom. The van der Waals surface area contributed by atoms with E-state index in [1.807, 2.05) is 25.1 Å². The molecule has 1 aromatic heterocycles. The number of halogens is 1. The maximum Gasteiger partial charge on any atom is 0.264 e. The average Bonchev–Trinajstić information content (AvgIpc) is 2.80. The van der Waals surface area contributed by atoms with Crippen LogP contribution in [0, 0.1) is 6.92 Å². The average molecular weight is 327 g/mol. The van der Waals surface area contributed by atoms with Gasteiger partial charge in [0.1, 0.15) is 5.75 Å². The number of aromatic nitrogens is 1. The van der Waals surface area contributed by atoms with E-state index in [2.05, 4.69) is 26.2 Å². The van der Waals surface area contributed by atoms with Crippen LogP contribution < -0.4 is 10.1 Å². The van der Waals surface area contributed by atoms with Gasteiger partial charge in [0.15, 0.2) is 11.7 Å². The first-order valence-electron chi connectivity index (χ1n) is 5.23. The summed E-state index contributed by atoms with van der Waals surface area (Å²) in [6, 6.07) is 5.70. The number of aryl methyl sites for hydroxylation is 1. The van der Waals surface area contributed by atoms with Crippen molar-refractivity contribution >= 4 is 38.3 Å². The molecule has 18 heavy (non-hydrogen) atoms. The lowest BCUT2D eigenvalue weighted by molar-refractivity contribution is -0.118. The second-order valence-corrected chi connectivity index (χ2v) is 5.36. The first-order valence-corrected chi connectivity index (χ1v) is 6.91. The van der Waals surface area contributed by atoms with E-state index < -0.39 is 0 Å². The molecule has 94 valence electrons. The molecule has 0 fully saturated rings. The molecule has 0 bridgehead atoms. The maximum atomic E-state index is 11.6. The maximum absolute atomic E-state index is 11.6. The highest BCUT2D eigenvalue weighted by molar-refractivity contribution is 9.10. The summed E-state index contributed by atoms with van der Waals surface area (Å²) in [5, 5.41) is 5.03. The standard InChI is InChI=1S/C12H11BrN2O2S/c1-8-2-3-10(9(13)6-8)17-7-11(16)15-12-14-4-5-18-12/h2-6H,7H2,1H3,(H,14,15,16). The van der Waals surface area contributed by atoms with Crippen molar-refractivity contribution in [3.8, 4) is 5.75 Å². The normalized spacial score (nSPS) is 10.1. The van der Waals surface area contributed by atoms with Gasteiger partial charge in [0, 0.05) is 11.6 Å². The van der Waals surface area contributed by atoms with E-state index in [-0.39, 0.29) is 12.5 Å². The molecule has 4 nitrogen and oxygen atoms in total. The predicted molar refractivity (Wildman–Crippen MR) is 75.1 cm³/mol. The van der Waals surface area contributed by atoms with E-state index in [1.54, 1.807) is 11.6 Å². The Bertz CT molecular complexity index is 543. The number of rotatable bonds is 4. The quantitative estimate of drug-likeness (QED) is 0.938. The lowest BCUT2D eigenvalue weighted by atomic mass is 10.2. The molecule has 2 rings (SSSR count). The van der Waals surface area contributed by atoms with Gasteiger partial charge in [-0.2, -0.15) is 0 Å². The molecule has 1 heterocycles. The van der Waals surface area contributed by atoms with Crippen molar-refractivity contribution in [2.75, 3.05) is 11.9 Å². The first kappa shape index (κ1) is 13.0. The van der Waals surface area contributed by atoms with Crippen molar-refractivity contribution in [2.24, 2.45) is 0 Å². The van der Waals surface area contributed by atoms with Crippen LogP contribution in [0.3, 0.4) is 0 Å². The van der Waals surface area contributed by atoms with Crippen molar-refractivity contribution in [3.63, 3.8) is 0 Å². The van der Waals surface area contributed by atoms with Crippen LogP contribution in [0.4, 0.5) is 5.13 Å². The zero-order chi connectivity index (χ0) is 13.0. The van der Waals surface area contributed by atoms with Gasteiger partial charge >= 0.3 is 0 Å². The molecule has 0 saturated heterocycles. The van der Waals surface area contributed by atoms with Crippen LogP contribution >= 0.6 is 27.3 Å². The monoisotopic (exact) mass is 326 g/mol. The number of thiazole rings is 1. The number of hydrogen-bond donors (Lipinski definition) is 1. The summed E-state index contributed by atoms with van der Waals surface area (Å²) in [6.07, 6.45) is 1.64. The van der Waals surface area contributed by atoms with Gasteiger partial charge in [-0.15, -0.1) is 11.3 Å². The number of anilines is 1. The van der Waals surface area contributed by atoms with Crippen LogP contribution in [-0.2, 0) is 4.79 Å². The summed E-state index contributed by atoms with van der Waals surface area (Å²) >= 11 is 4.76. The zero-order valence-corrected chi connectivity index (χ0v) is 12.0. The topological polar surface area (TPSA) is 51.2 Å². The number of carbonyl (C=O) groups excluding carboxylic acids is 1. The third-order valence-electron chi connectivity index (χ3n) is 2.12. The molecule has 0 aliphatic rings. The van der Waals surface area contributed by atoms with E-state index in [4.69, 9.17) is 4.74 Å². The molecule has 0 aliphatic carbocycles. The van der Waals surface area contributed by atoms with Crippen molar-refractivity contribution in [3.05, 3.63) is 39.8 Å². The largest absolute Gasteiger partial charge is 0.483 e. The first-order chi connectivity index (χ1) is 8.65. The number of amides is 1. The molecule has 0 unspecified atom stereocenters. The number of carbonyl (C=O) groups is 1. The van der Waals surface area contributed by atoms with Gasteiger partial charge in [-0.05, 0) is 40.5 Å². The molecule has 6 heteroatoms. The summed E-state index contributed by atoms with van der Waals surface area (Å²) in [4.78, 5) is 15.5. The third-order valence-corrected chi connectivity index (χ3v) is 3.43. The van der Waals surface area contributed by atoms with Crippen LogP contribution in [0.25, 0.3) is 0 Å². The van der Waals surface area contributed by atoms with Gasteiger partial charge in [0.25, 0.3) is 5.91 Å². The van der Waals surface area contributed by atoms with Crippen molar-refractivity contribution in [1.82, 2.24) is 4.98 Å². The van der Waals surface area contributed by atoms with Gasteiger partial charge in [-0.25, -0.2) is 4.98 Å². The van der Waals surface area contributed by atoms with Gasteiger partial charge < -0.3 is 4.74 Å². The van der Waals surface area contributed by atoms with Crippen LogP contribution in [0.1, 0.15) is 5.56 Å². The van der Waals surface area contributed by atoms with Crippen molar-refractivity contribution in [1.29, 1.82) is 0 Å². The number of nitrogens with zero attached hydrogens (tertiary/aromatic N) is 1. The second kappa shape index (κ2) is 5.97. The summed E-state index contributed by atoms with van der Waals surface area (Å²) in [5.41, 5.74) is 1.13. The van der Waals surface area contributed by atoms with Crippen LogP contribution in [0.2, 0.25) is 0 Å². The van der Waals surface area contributed by atoms with E-state index >= 15 is 0 Å². The minimum absolute atomic E-state index is 0.0404. The fraction of sp³-hybridized carbons (Fsp3) is 0.167. The lowest BCUT2D eigenvalue weighted by Gasteiger charge is -2.08. The molecule has 1 N–H and O–H groups in total. The molecule has 1 aromatic carbocycles. The highest BCUT2D eigenvalue weighted by Gasteiger charge is 2.07. The van der Waals surface area contributed by atoms with E-state index in [1.165, 1.54) is 11.3 Å². The lowest BCUT2D eigenvalue weighted by Crippen LogP contribution is -2.20. The summed E-state index contributed by atoms with van der Waals surface area (Å²) < 4.78 is 6.26. The Morgan fingerprint density at radius 2 is 2.39 bits per heavy atom. The Kier molecular flexibility index (Phi) is 4.33. The van der Waals surface area contributed by atoms with Crippen LogP contribution in [-0.4, -0.2) is 17.5 Å². The Labute approximate surface area is 117 Å². The number of hydrogen-bond acceptors (Lipinski definition) is 4.